The molecule has 0 fully saturated rings. The zero-order valence-corrected chi connectivity index (χ0v) is 9.21. The van der Waals surface area contributed by atoms with Crippen molar-refractivity contribution >= 4 is 5.97 Å². The van der Waals surface area contributed by atoms with Crippen molar-refractivity contribution in [2.24, 2.45) is 17.8 Å². The van der Waals surface area contributed by atoms with Gasteiger partial charge < -0.3 is 5.11 Å². The van der Waals surface area contributed by atoms with Gasteiger partial charge in [0, 0.05) is 6.42 Å². The molecule has 0 saturated carbocycles. The Bertz CT molecular complexity index is 140. The Labute approximate surface area is 81.3 Å². The topological polar surface area (TPSA) is 37.3 Å². The number of rotatable bonds is 6. The average molecular weight is 186 g/mol. The van der Waals surface area contributed by atoms with Gasteiger partial charge in [0.1, 0.15) is 0 Å². The summed E-state index contributed by atoms with van der Waals surface area (Å²) in [5.74, 6) is 0.898. The van der Waals surface area contributed by atoms with Gasteiger partial charge in [0.2, 0.25) is 0 Å². The van der Waals surface area contributed by atoms with Crippen LogP contribution in [0.4, 0.5) is 0 Å². The van der Waals surface area contributed by atoms with E-state index in [0.29, 0.717) is 24.2 Å². The van der Waals surface area contributed by atoms with E-state index in [9.17, 15) is 4.79 Å². The molecule has 0 atom stereocenters. The van der Waals surface area contributed by atoms with E-state index in [-0.39, 0.29) is 0 Å². The van der Waals surface area contributed by atoms with Gasteiger partial charge >= 0.3 is 5.97 Å². The zero-order valence-electron chi connectivity index (χ0n) is 9.21. The van der Waals surface area contributed by atoms with Gasteiger partial charge in [0.05, 0.1) is 0 Å². The van der Waals surface area contributed by atoms with Crippen LogP contribution in [-0.4, -0.2) is 11.1 Å². The second kappa shape index (κ2) is 6.01. The van der Waals surface area contributed by atoms with E-state index in [0.717, 1.165) is 12.8 Å². The van der Waals surface area contributed by atoms with Crippen LogP contribution in [0.25, 0.3) is 0 Å². The molecule has 13 heavy (non-hydrogen) atoms. The van der Waals surface area contributed by atoms with Crippen molar-refractivity contribution in [2.75, 3.05) is 0 Å². The summed E-state index contributed by atoms with van der Waals surface area (Å²) >= 11 is 0. The van der Waals surface area contributed by atoms with Crippen LogP contribution in [-0.2, 0) is 4.79 Å². The van der Waals surface area contributed by atoms with Crippen molar-refractivity contribution in [3.63, 3.8) is 0 Å². The highest BCUT2D eigenvalue weighted by molar-refractivity contribution is 5.66. The summed E-state index contributed by atoms with van der Waals surface area (Å²) in [7, 11) is 0. The molecule has 0 amide bonds. The maximum Gasteiger partial charge on any atom is 0.303 e. The fraction of sp³-hybridized carbons (Fsp3) is 0.909. The lowest BCUT2D eigenvalue weighted by atomic mass is 9.87. The number of carboxylic acid groups (broad SMARTS) is 1. The van der Waals surface area contributed by atoms with Gasteiger partial charge in [-0.25, -0.2) is 0 Å². The smallest absolute Gasteiger partial charge is 0.303 e. The van der Waals surface area contributed by atoms with Crippen molar-refractivity contribution in [2.45, 2.75) is 47.0 Å². The Hall–Kier alpha value is -0.530. The van der Waals surface area contributed by atoms with Gasteiger partial charge in [-0.15, -0.1) is 0 Å². The molecule has 0 radical (unpaired) electrons. The standard InChI is InChI=1S/C11H22O2/c1-8(2)5-10(6-9(3)4)7-11(12)13/h8-10H,5-7H2,1-4H3,(H,12,13). The van der Waals surface area contributed by atoms with Crippen molar-refractivity contribution in [3.8, 4) is 0 Å². The van der Waals surface area contributed by atoms with Crippen LogP contribution in [0.3, 0.4) is 0 Å². The first-order valence-corrected chi connectivity index (χ1v) is 5.13. The van der Waals surface area contributed by atoms with E-state index in [2.05, 4.69) is 27.7 Å². The normalized spacial score (nSPS) is 11.6. The summed E-state index contributed by atoms with van der Waals surface area (Å²) in [5, 5.41) is 8.71. The molecule has 2 nitrogen and oxygen atoms in total. The van der Waals surface area contributed by atoms with Crippen LogP contribution in [0, 0.1) is 17.8 Å². The average Bonchev–Trinajstić information content (AvgIpc) is 1.80. The molecule has 1 N–H and O–H groups in total. The fourth-order valence-corrected chi connectivity index (χ4v) is 1.84. The van der Waals surface area contributed by atoms with Crippen molar-refractivity contribution in [1.29, 1.82) is 0 Å². The third-order valence-electron chi connectivity index (χ3n) is 2.07. The highest BCUT2D eigenvalue weighted by Gasteiger charge is 2.15. The maximum absolute atomic E-state index is 10.6. The number of hydrogen-bond acceptors (Lipinski definition) is 1. The quantitative estimate of drug-likeness (QED) is 0.691. The Morgan fingerprint density at radius 2 is 1.46 bits per heavy atom. The molecule has 0 aliphatic heterocycles. The molecule has 0 spiro atoms. The Kier molecular flexibility index (Phi) is 5.76. The highest BCUT2D eigenvalue weighted by atomic mass is 16.4. The van der Waals surface area contributed by atoms with Crippen LogP contribution < -0.4 is 0 Å². The minimum atomic E-state index is -0.661. The van der Waals surface area contributed by atoms with Crippen molar-refractivity contribution < 1.29 is 9.90 Å². The molecule has 0 heterocycles. The number of hydrogen-bond donors (Lipinski definition) is 1. The Morgan fingerprint density at radius 1 is 1.08 bits per heavy atom. The van der Waals surface area contributed by atoms with E-state index >= 15 is 0 Å². The lowest BCUT2D eigenvalue weighted by Crippen LogP contribution is -2.12. The number of aliphatic carboxylic acids is 1. The molecule has 0 unspecified atom stereocenters. The second-order valence-corrected chi connectivity index (χ2v) is 4.72. The first-order chi connectivity index (χ1) is 5.91. The largest absolute Gasteiger partial charge is 0.481 e. The van der Waals surface area contributed by atoms with E-state index in [1.807, 2.05) is 0 Å². The van der Waals surface area contributed by atoms with E-state index < -0.39 is 5.97 Å². The molecular weight excluding hydrogens is 164 g/mol. The van der Waals surface area contributed by atoms with Crippen LogP contribution in [0.2, 0.25) is 0 Å². The van der Waals surface area contributed by atoms with Gasteiger partial charge in [-0.05, 0) is 30.6 Å². The summed E-state index contributed by atoms with van der Waals surface area (Å²) in [5.41, 5.74) is 0. The van der Waals surface area contributed by atoms with E-state index in [4.69, 9.17) is 5.11 Å². The lowest BCUT2D eigenvalue weighted by Gasteiger charge is -2.18. The first kappa shape index (κ1) is 12.5. The molecule has 0 aliphatic rings. The number of carboxylic acids is 1. The predicted octanol–water partition coefficient (Wildman–Crippen LogP) is 3.17. The highest BCUT2D eigenvalue weighted by Crippen LogP contribution is 2.22. The van der Waals surface area contributed by atoms with Gasteiger partial charge in [-0.2, -0.15) is 0 Å². The first-order valence-electron chi connectivity index (χ1n) is 5.13. The molecule has 0 aromatic heterocycles. The lowest BCUT2D eigenvalue weighted by molar-refractivity contribution is -0.138. The van der Waals surface area contributed by atoms with Crippen LogP contribution in [0.5, 0.6) is 0 Å². The van der Waals surface area contributed by atoms with Crippen LogP contribution >= 0.6 is 0 Å². The minimum absolute atomic E-state index is 0.330. The zero-order chi connectivity index (χ0) is 10.4. The molecule has 78 valence electrons. The molecule has 0 aromatic carbocycles. The number of carbonyl (C=O) groups is 1. The summed E-state index contributed by atoms with van der Waals surface area (Å²) in [6.07, 6.45) is 2.39. The maximum atomic E-state index is 10.6. The molecule has 0 bridgehead atoms. The van der Waals surface area contributed by atoms with Gasteiger partial charge in [0.25, 0.3) is 0 Å². The van der Waals surface area contributed by atoms with Gasteiger partial charge in [0.15, 0.2) is 0 Å². The van der Waals surface area contributed by atoms with Gasteiger partial charge in [-0.3, -0.25) is 4.79 Å². The second-order valence-electron chi connectivity index (χ2n) is 4.72. The third kappa shape index (κ3) is 7.82. The van der Waals surface area contributed by atoms with Crippen molar-refractivity contribution in [1.82, 2.24) is 0 Å². The molecule has 2 heteroatoms. The fourth-order valence-electron chi connectivity index (χ4n) is 1.84. The summed E-state index contributed by atoms with van der Waals surface area (Å²) in [4.78, 5) is 10.6. The molecule has 0 rings (SSSR count). The Balaban J connectivity index is 3.95. The minimum Gasteiger partial charge on any atom is -0.481 e. The predicted molar refractivity (Wildman–Crippen MR) is 54.7 cm³/mol. The van der Waals surface area contributed by atoms with Crippen LogP contribution in [0.15, 0.2) is 0 Å². The SMILES string of the molecule is CC(C)CC(CC(=O)O)CC(C)C. The molecule has 0 aromatic rings. The Morgan fingerprint density at radius 3 is 1.69 bits per heavy atom. The van der Waals surface area contributed by atoms with Gasteiger partial charge in [-0.1, -0.05) is 27.7 Å². The molecule has 0 saturated heterocycles. The summed E-state index contributed by atoms with van der Waals surface area (Å²) in [6, 6.07) is 0. The monoisotopic (exact) mass is 186 g/mol. The van der Waals surface area contributed by atoms with Crippen molar-refractivity contribution in [3.05, 3.63) is 0 Å². The summed E-state index contributed by atoms with van der Waals surface area (Å²) in [6.45, 7) is 8.59. The molecule has 0 aliphatic carbocycles. The third-order valence-corrected chi connectivity index (χ3v) is 2.07. The van der Waals surface area contributed by atoms with E-state index in [1.54, 1.807) is 0 Å². The van der Waals surface area contributed by atoms with E-state index in [1.165, 1.54) is 0 Å². The summed E-state index contributed by atoms with van der Waals surface area (Å²) < 4.78 is 0. The van der Waals surface area contributed by atoms with Crippen LogP contribution in [0.1, 0.15) is 47.0 Å². The molecular formula is C11H22O2.